The number of hydrogen-bond acceptors (Lipinski definition) is 8. The molecule has 0 radical (unpaired) electrons. The molecule has 8 heteroatoms. The number of rotatable bonds is 5. The number of benzene rings is 1. The standard InChI is InChI=1S/C22H27N5O3/c1-5-29-22(28)18-12-23-20-15(3)10-14(2)11-17(20)21(18)27-8-6-26(7-9-27)13-19-24-16(4)30-25-19/h10-12H,5-9,13H2,1-4H3. The van der Waals surface area contributed by atoms with Gasteiger partial charge in [-0.25, -0.2) is 4.79 Å². The van der Waals surface area contributed by atoms with Crippen LogP contribution in [-0.4, -0.2) is 58.8 Å². The summed E-state index contributed by atoms with van der Waals surface area (Å²) in [4.78, 5) is 26.2. The Balaban J connectivity index is 1.65. The Labute approximate surface area is 175 Å². The van der Waals surface area contributed by atoms with Gasteiger partial charge in [0, 0.05) is 44.7 Å². The number of pyridine rings is 1. The molecule has 1 aliphatic heterocycles. The zero-order valence-corrected chi connectivity index (χ0v) is 17.9. The number of ether oxygens (including phenoxy) is 1. The number of nitrogens with zero attached hydrogens (tertiary/aromatic N) is 5. The molecular weight excluding hydrogens is 382 g/mol. The van der Waals surface area contributed by atoms with Gasteiger partial charge in [-0.05, 0) is 32.4 Å². The molecule has 0 unspecified atom stereocenters. The quantitative estimate of drug-likeness (QED) is 0.595. The highest BCUT2D eigenvalue weighted by Crippen LogP contribution is 2.33. The summed E-state index contributed by atoms with van der Waals surface area (Å²) in [6, 6.07) is 4.23. The van der Waals surface area contributed by atoms with E-state index in [-0.39, 0.29) is 5.97 Å². The number of esters is 1. The highest BCUT2D eigenvalue weighted by Gasteiger charge is 2.26. The highest BCUT2D eigenvalue weighted by molar-refractivity contribution is 6.06. The summed E-state index contributed by atoms with van der Waals surface area (Å²) in [5, 5.41) is 4.99. The smallest absolute Gasteiger partial charge is 0.341 e. The predicted octanol–water partition coefficient (Wildman–Crippen LogP) is 3.04. The topological polar surface area (TPSA) is 84.6 Å². The lowest BCUT2D eigenvalue weighted by Gasteiger charge is -2.36. The van der Waals surface area contributed by atoms with Crippen LogP contribution in [0.5, 0.6) is 0 Å². The molecule has 2 aromatic heterocycles. The first-order valence-corrected chi connectivity index (χ1v) is 10.3. The summed E-state index contributed by atoms with van der Waals surface area (Å²) >= 11 is 0. The zero-order chi connectivity index (χ0) is 21.3. The third kappa shape index (κ3) is 4.00. The summed E-state index contributed by atoms with van der Waals surface area (Å²) in [6.07, 6.45) is 1.66. The Morgan fingerprint density at radius 2 is 1.93 bits per heavy atom. The first-order valence-electron chi connectivity index (χ1n) is 10.3. The molecule has 158 valence electrons. The van der Waals surface area contributed by atoms with Crippen molar-refractivity contribution in [2.45, 2.75) is 34.2 Å². The summed E-state index contributed by atoms with van der Waals surface area (Å²) in [5.74, 6) is 0.955. The Hall–Kier alpha value is -3.00. The minimum Gasteiger partial charge on any atom is -0.462 e. The van der Waals surface area contributed by atoms with Crippen molar-refractivity contribution in [2.24, 2.45) is 0 Å². The molecule has 3 heterocycles. The van der Waals surface area contributed by atoms with Gasteiger partial charge in [-0.15, -0.1) is 0 Å². The second-order valence-corrected chi connectivity index (χ2v) is 7.71. The van der Waals surface area contributed by atoms with Gasteiger partial charge in [0.2, 0.25) is 5.89 Å². The number of carbonyl (C=O) groups is 1. The van der Waals surface area contributed by atoms with Crippen LogP contribution in [0.1, 0.15) is 40.1 Å². The van der Waals surface area contributed by atoms with Crippen LogP contribution in [-0.2, 0) is 11.3 Å². The third-order valence-corrected chi connectivity index (χ3v) is 5.40. The third-order valence-electron chi connectivity index (χ3n) is 5.40. The Morgan fingerprint density at radius 1 is 1.17 bits per heavy atom. The van der Waals surface area contributed by atoms with Gasteiger partial charge in [0.05, 0.1) is 24.4 Å². The lowest BCUT2D eigenvalue weighted by atomic mass is 10.0. The number of aromatic nitrogens is 3. The minimum atomic E-state index is -0.328. The van der Waals surface area contributed by atoms with Crippen LogP contribution in [0.4, 0.5) is 5.69 Å². The number of aryl methyl sites for hydroxylation is 3. The van der Waals surface area contributed by atoms with E-state index in [9.17, 15) is 4.79 Å². The van der Waals surface area contributed by atoms with Crippen molar-refractivity contribution >= 4 is 22.6 Å². The summed E-state index contributed by atoms with van der Waals surface area (Å²) in [6.45, 7) is 12.0. The predicted molar refractivity (Wildman–Crippen MR) is 114 cm³/mol. The molecular formula is C22H27N5O3. The van der Waals surface area contributed by atoms with Crippen molar-refractivity contribution in [1.29, 1.82) is 0 Å². The maximum atomic E-state index is 12.7. The molecule has 0 saturated carbocycles. The van der Waals surface area contributed by atoms with E-state index in [1.54, 1.807) is 13.1 Å². The van der Waals surface area contributed by atoms with E-state index in [2.05, 4.69) is 50.9 Å². The van der Waals surface area contributed by atoms with Crippen LogP contribution >= 0.6 is 0 Å². The monoisotopic (exact) mass is 409 g/mol. The molecule has 0 amide bonds. The van der Waals surface area contributed by atoms with Crippen LogP contribution in [0.3, 0.4) is 0 Å². The molecule has 0 bridgehead atoms. The fourth-order valence-electron chi connectivity index (χ4n) is 4.08. The van der Waals surface area contributed by atoms with Gasteiger partial charge in [-0.2, -0.15) is 4.98 Å². The zero-order valence-electron chi connectivity index (χ0n) is 17.9. The largest absolute Gasteiger partial charge is 0.462 e. The van der Waals surface area contributed by atoms with Crippen LogP contribution in [0.2, 0.25) is 0 Å². The van der Waals surface area contributed by atoms with E-state index in [1.807, 2.05) is 6.92 Å². The van der Waals surface area contributed by atoms with E-state index in [0.717, 1.165) is 53.9 Å². The number of hydrogen-bond donors (Lipinski definition) is 0. The number of fused-ring (bicyclic) bond motifs is 1. The lowest BCUT2D eigenvalue weighted by molar-refractivity contribution is 0.0526. The number of carbonyl (C=O) groups excluding carboxylic acids is 1. The van der Waals surface area contributed by atoms with E-state index in [4.69, 9.17) is 9.26 Å². The van der Waals surface area contributed by atoms with Crippen LogP contribution in [0.25, 0.3) is 10.9 Å². The number of piperazine rings is 1. The van der Waals surface area contributed by atoms with Gasteiger partial charge in [0.1, 0.15) is 5.56 Å². The van der Waals surface area contributed by atoms with Crippen molar-refractivity contribution in [3.63, 3.8) is 0 Å². The van der Waals surface area contributed by atoms with E-state index in [1.165, 1.54) is 0 Å². The highest BCUT2D eigenvalue weighted by atomic mass is 16.5. The van der Waals surface area contributed by atoms with E-state index < -0.39 is 0 Å². The van der Waals surface area contributed by atoms with Gasteiger partial charge in [0.25, 0.3) is 0 Å². The molecule has 4 rings (SSSR count). The molecule has 0 N–H and O–H groups in total. The summed E-state index contributed by atoms with van der Waals surface area (Å²) in [5.41, 5.74) is 4.62. The fraction of sp³-hybridized carbons (Fsp3) is 0.455. The molecule has 1 fully saturated rings. The first kappa shape index (κ1) is 20.3. The first-order chi connectivity index (χ1) is 14.5. The summed E-state index contributed by atoms with van der Waals surface area (Å²) in [7, 11) is 0. The maximum Gasteiger partial charge on any atom is 0.341 e. The van der Waals surface area contributed by atoms with E-state index in [0.29, 0.717) is 30.4 Å². The second kappa shape index (κ2) is 8.39. The van der Waals surface area contributed by atoms with Gasteiger partial charge in [0.15, 0.2) is 5.82 Å². The van der Waals surface area contributed by atoms with Gasteiger partial charge in [-0.1, -0.05) is 16.8 Å². The Bertz CT molecular complexity index is 1070. The van der Waals surface area contributed by atoms with Gasteiger partial charge >= 0.3 is 5.97 Å². The fourth-order valence-corrected chi connectivity index (χ4v) is 4.08. The molecule has 3 aromatic rings. The van der Waals surface area contributed by atoms with Crippen molar-refractivity contribution < 1.29 is 14.1 Å². The van der Waals surface area contributed by atoms with Gasteiger partial charge in [-0.3, -0.25) is 9.88 Å². The molecule has 0 atom stereocenters. The molecule has 0 spiro atoms. The van der Waals surface area contributed by atoms with Crippen molar-refractivity contribution in [3.8, 4) is 0 Å². The molecule has 1 aliphatic rings. The van der Waals surface area contributed by atoms with Crippen LogP contribution in [0, 0.1) is 20.8 Å². The van der Waals surface area contributed by atoms with Gasteiger partial charge < -0.3 is 14.2 Å². The summed E-state index contributed by atoms with van der Waals surface area (Å²) < 4.78 is 10.4. The second-order valence-electron chi connectivity index (χ2n) is 7.71. The molecule has 0 aliphatic carbocycles. The SMILES string of the molecule is CCOC(=O)c1cnc2c(C)cc(C)cc2c1N1CCN(Cc2noc(C)n2)CC1. The normalized spacial score (nSPS) is 15.0. The van der Waals surface area contributed by atoms with Crippen LogP contribution in [0.15, 0.2) is 22.9 Å². The minimum absolute atomic E-state index is 0.328. The molecule has 30 heavy (non-hydrogen) atoms. The van der Waals surface area contributed by atoms with Crippen molar-refractivity contribution in [2.75, 3.05) is 37.7 Å². The lowest BCUT2D eigenvalue weighted by Crippen LogP contribution is -2.46. The maximum absolute atomic E-state index is 12.7. The number of anilines is 1. The average Bonchev–Trinajstić information content (AvgIpc) is 3.12. The molecule has 1 saturated heterocycles. The average molecular weight is 409 g/mol. The Kier molecular flexibility index (Phi) is 5.67. The van der Waals surface area contributed by atoms with Crippen molar-refractivity contribution in [1.82, 2.24) is 20.0 Å². The van der Waals surface area contributed by atoms with E-state index >= 15 is 0 Å². The van der Waals surface area contributed by atoms with Crippen LogP contribution < -0.4 is 4.90 Å². The molecule has 1 aromatic carbocycles. The Morgan fingerprint density at radius 3 is 2.60 bits per heavy atom. The molecule has 8 nitrogen and oxygen atoms in total. The van der Waals surface area contributed by atoms with Crippen molar-refractivity contribution in [3.05, 3.63) is 46.7 Å².